The van der Waals surface area contributed by atoms with E-state index in [0.717, 1.165) is 23.1 Å². The van der Waals surface area contributed by atoms with Gasteiger partial charge in [0.2, 0.25) is 0 Å². The molecule has 0 radical (unpaired) electrons. The van der Waals surface area contributed by atoms with Gasteiger partial charge in [-0.25, -0.2) is 0 Å². The van der Waals surface area contributed by atoms with E-state index >= 15 is 0 Å². The van der Waals surface area contributed by atoms with Crippen LogP contribution in [0.4, 0.5) is 5.69 Å². The van der Waals surface area contributed by atoms with Gasteiger partial charge in [0, 0.05) is 35.3 Å². The fourth-order valence-corrected chi connectivity index (χ4v) is 3.83. The topological polar surface area (TPSA) is 30.3 Å². The van der Waals surface area contributed by atoms with Crippen LogP contribution in [-0.4, -0.2) is 36.6 Å². The third-order valence-corrected chi connectivity index (χ3v) is 4.74. The molecule has 2 saturated heterocycles. The van der Waals surface area contributed by atoms with Gasteiger partial charge in [-0.1, -0.05) is 15.9 Å². The van der Waals surface area contributed by atoms with Gasteiger partial charge in [-0.15, -0.1) is 0 Å². The maximum absolute atomic E-state index is 9.10. The van der Waals surface area contributed by atoms with E-state index in [1.807, 2.05) is 12.1 Å². The molecule has 2 unspecified atom stereocenters. The van der Waals surface area contributed by atoms with E-state index in [4.69, 9.17) is 5.26 Å². The molecule has 0 aromatic heterocycles. The molecule has 0 amide bonds. The van der Waals surface area contributed by atoms with Gasteiger partial charge < -0.3 is 4.90 Å². The number of nitrogens with zero attached hydrogens (tertiary/aromatic N) is 3. The van der Waals surface area contributed by atoms with Crippen molar-refractivity contribution >= 4 is 21.6 Å². The SMILES string of the molecule is CC1CN2CCCC2CN1c1cc(Br)cc(C#N)c1. The Bertz CT molecular complexity index is 523. The van der Waals surface area contributed by atoms with Gasteiger partial charge in [-0.05, 0) is 44.5 Å². The van der Waals surface area contributed by atoms with Crippen molar-refractivity contribution in [2.45, 2.75) is 31.8 Å². The summed E-state index contributed by atoms with van der Waals surface area (Å²) in [6, 6.07) is 9.45. The van der Waals surface area contributed by atoms with E-state index < -0.39 is 0 Å². The number of piperazine rings is 1. The van der Waals surface area contributed by atoms with Gasteiger partial charge in [0.1, 0.15) is 0 Å². The zero-order valence-electron chi connectivity index (χ0n) is 11.1. The lowest BCUT2D eigenvalue weighted by atomic mass is 10.1. The molecule has 100 valence electrons. The monoisotopic (exact) mass is 319 g/mol. The van der Waals surface area contributed by atoms with Crippen LogP contribution >= 0.6 is 15.9 Å². The average molecular weight is 320 g/mol. The van der Waals surface area contributed by atoms with E-state index in [1.165, 1.54) is 25.1 Å². The lowest BCUT2D eigenvalue weighted by Crippen LogP contribution is -2.55. The van der Waals surface area contributed by atoms with Crippen molar-refractivity contribution in [3.8, 4) is 6.07 Å². The van der Waals surface area contributed by atoms with Crippen molar-refractivity contribution in [2.75, 3.05) is 24.5 Å². The number of hydrogen-bond acceptors (Lipinski definition) is 3. The van der Waals surface area contributed by atoms with E-state index in [9.17, 15) is 0 Å². The Morgan fingerprint density at radius 2 is 2.16 bits per heavy atom. The quantitative estimate of drug-likeness (QED) is 0.797. The fourth-order valence-electron chi connectivity index (χ4n) is 3.35. The molecule has 2 fully saturated rings. The first-order valence-corrected chi connectivity index (χ1v) is 7.68. The highest BCUT2D eigenvalue weighted by molar-refractivity contribution is 9.10. The lowest BCUT2D eigenvalue weighted by Gasteiger charge is -2.43. The van der Waals surface area contributed by atoms with Crippen molar-refractivity contribution in [1.29, 1.82) is 5.26 Å². The maximum Gasteiger partial charge on any atom is 0.0992 e. The van der Waals surface area contributed by atoms with Crippen LogP contribution < -0.4 is 4.90 Å². The molecule has 0 N–H and O–H groups in total. The highest BCUT2D eigenvalue weighted by atomic mass is 79.9. The summed E-state index contributed by atoms with van der Waals surface area (Å²) >= 11 is 3.51. The molecule has 3 rings (SSSR count). The van der Waals surface area contributed by atoms with Crippen molar-refractivity contribution in [1.82, 2.24) is 4.90 Å². The Morgan fingerprint density at radius 1 is 1.32 bits per heavy atom. The molecule has 0 saturated carbocycles. The molecule has 19 heavy (non-hydrogen) atoms. The fraction of sp³-hybridized carbons (Fsp3) is 0.533. The zero-order valence-corrected chi connectivity index (χ0v) is 12.7. The van der Waals surface area contributed by atoms with Crippen LogP contribution in [0.15, 0.2) is 22.7 Å². The zero-order chi connectivity index (χ0) is 13.4. The first kappa shape index (κ1) is 13.0. The Kier molecular flexibility index (Phi) is 3.51. The van der Waals surface area contributed by atoms with Crippen LogP contribution in [-0.2, 0) is 0 Å². The summed E-state index contributed by atoms with van der Waals surface area (Å²) in [6.07, 6.45) is 2.63. The van der Waals surface area contributed by atoms with Gasteiger partial charge in [-0.3, -0.25) is 4.90 Å². The first-order chi connectivity index (χ1) is 9.17. The molecular weight excluding hydrogens is 302 g/mol. The van der Waals surface area contributed by atoms with Crippen molar-refractivity contribution in [3.63, 3.8) is 0 Å². The Morgan fingerprint density at radius 3 is 2.95 bits per heavy atom. The molecular formula is C15H18BrN3. The van der Waals surface area contributed by atoms with E-state index in [0.29, 0.717) is 12.1 Å². The van der Waals surface area contributed by atoms with E-state index in [2.05, 4.69) is 44.8 Å². The van der Waals surface area contributed by atoms with Crippen LogP contribution in [0.5, 0.6) is 0 Å². The van der Waals surface area contributed by atoms with Crippen LogP contribution in [0.3, 0.4) is 0 Å². The van der Waals surface area contributed by atoms with Gasteiger partial charge in [0.25, 0.3) is 0 Å². The summed E-state index contributed by atoms with van der Waals surface area (Å²) in [7, 11) is 0. The van der Waals surface area contributed by atoms with Crippen molar-refractivity contribution < 1.29 is 0 Å². The molecule has 3 nitrogen and oxygen atoms in total. The second-order valence-corrected chi connectivity index (χ2v) is 6.52. The van der Waals surface area contributed by atoms with E-state index in [-0.39, 0.29) is 0 Å². The summed E-state index contributed by atoms with van der Waals surface area (Å²) in [4.78, 5) is 5.07. The molecule has 2 aliphatic heterocycles. The largest absolute Gasteiger partial charge is 0.366 e. The number of rotatable bonds is 1. The lowest BCUT2D eigenvalue weighted by molar-refractivity contribution is 0.203. The second kappa shape index (κ2) is 5.15. The summed E-state index contributed by atoms with van der Waals surface area (Å²) < 4.78 is 0.989. The number of hydrogen-bond donors (Lipinski definition) is 0. The molecule has 1 aromatic carbocycles. The normalized spacial score (nSPS) is 27.1. The maximum atomic E-state index is 9.10. The number of halogens is 1. The van der Waals surface area contributed by atoms with Gasteiger partial charge in [0.05, 0.1) is 11.6 Å². The Balaban J connectivity index is 1.89. The highest BCUT2D eigenvalue weighted by Gasteiger charge is 2.34. The summed E-state index contributed by atoms with van der Waals surface area (Å²) in [5.74, 6) is 0. The summed E-state index contributed by atoms with van der Waals surface area (Å²) in [5, 5.41) is 9.10. The van der Waals surface area contributed by atoms with Gasteiger partial charge in [-0.2, -0.15) is 5.26 Å². The van der Waals surface area contributed by atoms with Gasteiger partial charge in [0.15, 0.2) is 0 Å². The minimum absolute atomic E-state index is 0.509. The number of benzene rings is 1. The van der Waals surface area contributed by atoms with Gasteiger partial charge >= 0.3 is 0 Å². The van der Waals surface area contributed by atoms with Crippen LogP contribution in [0, 0.1) is 11.3 Å². The number of anilines is 1. The molecule has 4 heteroatoms. The third kappa shape index (κ3) is 2.50. The van der Waals surface area contributed by atoms with Crippen LogP contribution in [0.1, 0.15) is 25.3 Å². The standard InChI is InChI=1S/C15H18BrN3/c1-11-9-18-4-2-3-14(18)10-19(11)15-6-12(8-17)5-13(16)7-15/h5-7,11,14H,2-4,9-10H2,1H3. The summed E-state index contributed by atoms with van der Waals surface area (Å²) in [5.41, 5.74) is 1.90. The molecule has 0 aliphatic carbocycles. The average Bonchev–Trinajstić information content (AvgIpc) is 2.84. The molecule has 0 bridgehead atoms. The summed E-state index contributed by atoms with van der Waals surface area (Å²) in [6.45, 7) is 5.76. The molecule has 2 aliphatic rings. The Labute approximate surface area is 122 Å². The molecule has 2 heterocycles. The number of nitriles is 1. The van der Waals surface area contributed by atoms with Crippen molar-refractivity contribution in [2.24, 2.45) is 0 Å². The smallest absolute Gasteiger partial charge is 0.0992 e. The van der Waals surface area contributed by atoms with E-state index in [1.54, 1.807) is 0 Å². The predicted octanol–water partition coefficient (Wildman–Crippen LogP) is 2.99. The number of fused-ring (bicyclic) bond motifs is 1. The third-order valence-electron chi connectivity index (χ3n) is 4.28. The minimum Gasteiger partial charge on any atom is -0.366 e. The Hall–Kier alpha value is -1.05. The highest BCUT2D eigenvalue weighted by Crippen LogP contribution is 2.30. The van der Waals surface area contributed by atoms with Crippen molar-refractivity contribution in [3.05, 3.63) is 28.2 Å². The molecule has 2 atom stereocenters. The predicted molar refractivity (Wildman–Crippen MR) is 80.3 cm³/mol. The molecule has 1 aromatic rings. The van der Waals surface area contributed by atoms with Crippen LogP contribution in [0.25, 0.3) is 0 Å². The molecule has 0 spiro atoms. The minimum atomic E-state index is 0.509. The second-order valence-electron chi connectivity index (χ2n) is 5.60. The first-order valence-electron chi connectivity index (χ1n) is 6.89. The van der Waals surface area contributed by atoms with Crippen LogP contribution in [0.2, 0.25) is 0 Å².